The molecule has 0 radical (unpaired) electrons. The summed E-state index contributed by atoms with van der Waals surface area (Å²) < 4.78 is 7.84. The van der Waals surface area contributed by atoms with E-state index in [1.807, 2.05) is 19.9 Å². The van der Waals surface area contributed by atoms with Crippen molar-refractivity contribution in [2.45, 2.75) is 97.2 Å². The van der Waals surface area contributed by atoms with Crippen molar-refractivity contribution in [2.24, 2.45) is 0 Å². The summed E-state index contributed by atoms with van der Waals surface area (Å²) in [5.74, 6) is -0.320. The Morgan fingerprint density at radius 1 is 1.05 bits per heavy atom. The Morgan fingerprint density at radius 3 is 2.55 bits per heavy atom. The van der Waals surface area contributed by atoms with E-state index in [0.717, 1.165) is 78.4 Å². The van der Waals surface area contributed by atoms with Crippen molar-refractivity contribution in [2.75, 3.05) is 13.2 Å². The summed E-state index contributed by atoms with van der Waals surface area (Å²) >= 11 is 0. The minimum absolute atomic E-state index is 0.0213. The number of nitrogens with zero attached hydrogens (tertiary/aromatic N) is 5. The highest BCUT2D eigenvalue weighted by Crippen LogP contribution is 2.32. The predicted molar refractivity (Wildman–Crippen MR) is 152 cm³/mol. The van der Waals surface area contributed by atoms with Gasteiger partial charge in [-0.25, -0.2) is 0 Å². The topological polar surface area (TPSA) is 107 Å². The normalized spacial score (nSPS) is 21.0. The van der Waals surface area contributed by atoms with E-state index in [9.17, 15) is 14.4 Å². The number of fused-ring (bicyclic) bond motifs is 2. The highest BCUT2D eigenvalue weighted by atomic mass is 16.5. The number of aryl methyl sites for hydroxylation is 2. The second-order valence-corrected chi connectivity index (χ2v) is 11.1. The molecule has 5 rings (SSSR count). The van der Waals surface area contributed by atoms with Gasteiger partial charge in [-0.2, -0.15) is 5.10 Å². The summed E-state index contributed by atoms with van der Waals surface area (Å²) in [5.41, 5.74) is 4.62. The van der Waals surface area contributed by atoms with Crippen LogP contribution in [0.4, 0.5) is 0 Å². The van der Waals surface area contributed by atoms with Crippen molar-refractivity contribution in [3.05, 3.63) is 41.5 Å². The molecule has 1 aromatic carbocycles. The molecule has 3 aromatic rings. The third-order valence-electron chi connectivity index (χ3n) is 8.13. The van der Waals surface area contributed by atoms with E-state index in [4.69, 9.17) is 4.74 Å². The average molecular weight is 546 g/mol. The number of carbonyl (C=O) groups is 3. The Balaban J connectivity index is 1.59. The predicted octanol–water partition coefficient (Wildman–Crippen LogP) is 4.87. The molecule has 0 N–H and O–H groups in total. The van der Waals surface area contributed by atoms with Crippen LogP contribution in [0.2, 0.25) is 0 Å². The fourth-order valence-corrected chi connectivity index (χ4v) is 6.05. The lowest BCUT2D eigenvalue weighted by Gasteiger charge is -2.27. The maximum absolute atomic E-state index is 13.8. The zero-order valence-corrected chi connectivity index (χ0v) is 23.8. The number of Topliss-reactive ketones (excluding diaryl/α,β-unsaturated/α-hetero) is 2. The summed E-state index contributed by atoms with van der Waals surface area (Å²) in [4.78, 5) is 50.2. The summed E-state index contributed by atoms with van der Waals surface area (Å²) in [6.07, 6.45) is 11.4. The van der Waals surface area contributed by atoms with Crippen LogP contribution in [0.3, 0.4) is 0 Å². The van der Waals surface area contributed by atoms with E-state index >= 15 is 0 Å². The number of ether oxygens (including phenoxy) is 1. The molecule has 2 aliphatic heterocycles. The molecule has 40 heavy (non-hydrogen) atoms. The van der Waals surface area contributed by atoms with Gasteiger partial charge in [0.1, 0.15) is 18.3 Å². The van der Waals surface area contributed by atoms with E-state index in [0.29, 0.717) is 31.7 Å². The second kappa shape index (κ2) is 12.4. The molecule has 0 saturated carbocycles. The van der Waals surface area contributed by atoms with E-state index in [1.54, 1.807) is 22.0 Å². The Bertz CT molecular complexity index is 1400. The molecule has 2 atom stereocenters. The van der Waals surface area contributed by atoms with Crippen LogP contribution in [0.5, 0.6) is 0 Å². The van der Waals surface area contributed by atoms with Crippen LogP contribution in [0.15, 0.2) is 24.5 Å². The number of carbonyl (C=O) groups excluding carboxylic acids is 3. The lowest BCUT2D eigenvalue weighted by molar-refractivity contribution is -0.141. The summed E-state index contributed by atoms with van der Waals surface area (Å²) in [6.45, 7) is 6.27. The first-order valence-electron chi connectivity index (χ1n) is 14.6. The molecule has 1 amide bonds. The van der Waals surface area contributed by atoms with E-state index < -0.39 is 6.04 Å². The number of hydrogen-bond acceptors (Lipinski definition) is 7. The standard InChI is InChI=1S/C31H39N5O4/c1-4-26(38)31-27-12-13-35(31)28(39)19-36-30-22(11-9-7-5-6-8-10-14-40-27)15-23(25-18-32-20(2)17-33-25)16-24(30)29(34-36)21(3)37/h15-18,27,31H,4-14,19H2,1-3H3/t27-,31-/m1/s1. The number of hydrogen-bond donors (Lipinski definition) is 0. The first-order valence-corrected chi connectivity index (χ1v) is 14.6. The van der Waals surface area contributed by atoms with Gasteiger partial charge in [-0.3, -0.25) is 29.0 Å². The van der Waals surface area contributed by atoms with Crippen molar-refractivity contribution in [1.82, 2.24) is 24.6 Å². The van der Waals surface area contributed by atoms with Gasteiger partial charge >= 0.3 is 0 Å². The average Bonchev–Trinajstić information content (AvgIpc) is 3.53. The first-order chi connectivity index (χ1) is 19.4. The van der Waals surface area contributed by atoms with Crippen molar-refractivity contribution in [1.29, 1.82) is 0 Å². The van der Waals surface area contributed by atoms with Crippen molar-refractivity contribution in [3.63, 3.8) is 0 Å². The van der Waals surface area contributed by atoms with Crippen molar-refractivity contribution in [3.8, 4) is 11.3 Å². The third-order valence-corrected chi connectivity index (χ3v) is 8.13. The quantitative estimate of drug-likeness (QED) is 0.431. The molecule has 0 aliphatic carbocycles. The monoisotopic (exact) mass is 545 g/mol. The van der Waals surface area contributed by atoms with Crippen LogP contribution in [-0.2, 0) is 27.3 Å². The Hall–Kier alpha value is -3.46. The zero-order valence-electron chi connectivity index (χ0n) is 23.8. The van der Waals surface area contributed by atoms with Gasteiger partial charge in [0.2, 0.25) is 5.91 Å². The maximum Gasteiger partial charge on any atom is 0.245 e. The molecule has 4 heterocycles. The van der Waals surface area contributed by atoms with Gasteiger partial charge in [-0.15, -0.1) is 0 Å². The highest BCUT2D eigenvalue weighted by molar-refractivity contribution is 6.07. The van der Waals surface area contributed by atoms with E-state index in [2.05, 4.69) is 21.1 Å². The smallest absolute Gasteiger partial charge is 0.245 e. The van der Waals surface area contributed by atoms with Crippen molar-refractivity contribution >= 4 is 28.4 Å². The van der Waals surface area contributed by atoms with E-state index in [1.165, 1.54) is 6.92 Å². The summed E-state index contributed by atoms with van der Waals surface area (Å²) in [7, 11) is 0. The zero-order chi connectivity index (χ0) is 28.2. The second-order valence-electron chi connectivity index (χ2n) is 11.1. The lowest BCUT2D eigenvalue weighted by Crippen LogP contribution is -2.47. The van der Waals surface area contributed by atoms with Gasteiger partial charge in [0, 0.05) is 43.6 Å². The summed E-state index contributed by atoms with van der Waals surface area (Å²) in [5, 5.41) is 5.40. The molecule has 0 unspecified atom stereocenters. The number of benzene rings is 1. The fraction of sp³-hybridized carbons (Fsp3) is 0.548. The Morgan fingerprint density at radius 2 is 1.82 bits per heavy atom. The van der Waals surface area contributed by atoms with Gasteiger partial charge in [0.15, 0.2) is 11.6 Å². The van der Waals surface area contributed by atoms with Crippen LogP contribution in [0, 0.1) is 6.92 Å². The van der Waals surface area contributed by atoms with Gasteiger partial charge in [-0.05, 0) is 50.3 Å². The maximum atomic E-state index is 13.8. The van der Waals surface area contributed by atoms with Crippen molar-refractivity contribution < 1.29 is 19.1 Å². The SMILES string of the molecule is CCC(=O)[C@@H]1[C@H]2CCN1C(=O)Cn1nc(C(C)=O)c3cc(-c4cnc(C)cn4)cc(c31)CCCCCCCCO2. The number of ketones is 2. The van der Waals surface area contributed by atoms with Crippen LogP contribution < -0.4 is 0 Å². The molecule has 2 bridgehead atoms. The van der Waals surface area contributed by atoms with E-state index in [-0.39, 0.29) is 30.1 Å². The highest BCUT2D eigenvalue weighted by Gasteiger charge is 2.41. The fourth-order valence-electron chi connectivity index (χ4n) is 6.05. The van der Waals surface area contributed by atoms with Gasteiger partial charge in [0.05, 0.1) is 29.2 Å². The minimum Gasteiger partial charge on any atom is -0.376 e. The van der Waals surface area contributed by atoms with Gasteiger partial charge < -0.3 is 9.64 Å². The molecule has 2 aromatic heterocycles. The molecule has 212 valence electrons. The van der Waals surface area contributed by atoms with Crippen LogP contribution in [0.25, 0.3) is 22.2 Å². The molecule has 9 nitrogen and oxygen atoms in total. The van der Waals surface area contributed by atoms with Gasteiger partial charge in [-0.1, -0.05) is 32.6 Å². The Labute approximate surface area is 235 Å². The largest absolute Gasteiger partial charge is 0.376 e. The first kappa shape index (κ1) is 28.1. The molecule has 2 aliphatic rings. The lowest BCUT2D eigenvalue weighted by atomic mass is 9.97. The molecule has 0 spiro atoms. The Kier molecular flexibility index (Phi) is 8.69. The molecule has 1 saturated heterocycles. The van der Waals surface area contributed by atoms with Gasteiger partial charge in [0.25, 0.3) is 0 Å². The number of rotatable bonds is 4. The van der Waals surface area contributed by atoms with Crippen LogP contribution in [0.1, 0.15) is 87.0 Å². The molecular formula is C31H39N5O4. The molecule has 1 fully saturated rings. The number of amides is 1. The minimum atomic E-state index is -0.575. The third kappa shape index (κ3) is 5.84. The molecular weight excluding hydrogens is 506 g/mol. The molecule has 9 heteroatoms. The van der Waals surface area contributed by atoms with Crippen LogP contribution in [-0.4, -0.2) is 67.4 Å². The van der Waals surface area contributed by atoms with Crippen LogP contribution >= 0.6 is 0 Å². The number of aromatic nitrogens is 4. The summed E-state index contributed by atoms with van der Waals surface area (Å²) in [6, 6.07) is 3.47.